The highest BCUT2D eigenvalue weighted by molar-refractivity contribution is 5.81. The first-order valence-corrected chi connectivity index (χ1v) is 6.48. The summed E-state index contributed by atoms with van der Waals surface area (Å²) in [6.45, 7) is 6.86. The maximum Gasteiger partial charge on any atom is 0.325 e. The number of ether oxygens (including phenoxy) is 1. The molecule has 2 atom stereocenters. The molecule has 1 aliphatic carbocycles. The minimum atomic E-state index is -0.744. The van der Waals surface area contributed by atoms with Crippen molar-refractivity contribution in [2.24, 2.45) is 11.1 Å². The van der Waals surface area contributed by atoms with Crippen LogP contribution < -0.4 is 5.73 Å². The lowest BCUT2D eigenvalue weighted by Crippen LogP contribution is -2.48. The fraction of sp³-hybridized carbons (Fsp3) is 0.923. The number of carbonyl (C=O) groups is 1. The van der Waals surface area contributed by atoms with Gasteiger partial charge in [0.05, 0.1) is 7.11 Å². The number of likely N-dealkylation sites (tertiary alicyclic amines) is 1. The molecule has 2 aliphatic rings. The Morgan fingerprint density at radius 2 is 2.12 bits per heavy atom. The van der Waals surface area contributed by atoms with Crippen LogP contribution in [0.4, 0.5) is 0 Å². The Balaban J connectivity index is 1.97. The molecule has 0 spiro atoms. The van der Waals surface area contributed by atoms with Crippen LogP contribution in [0.5, 0.6) is 0 Å². The van der Waals surface area contributed by atoms with Gasteiger partial charge in [-0.25, -0.2) is 0 Å². The number of carbonyl (C=O) groups excluding carboxylic acids is 1. The fourth-order valence-corrected chi connectivity index (χ4v) is 3.21. The second-order valence-electron chi connectivity index (χ2n) is 6.43. The van der Waals surface area contributed by atoms with Crippen molar-refractivity contribution in [1.82, 2.24) is 4.90 Å². The van der Waals surface area contributed by atoms with E-state index in [-0.39, 0.29) is 5.97 Å². The molecule has 2 rings (SSSR count). The van der Waals surface area contributed by atoms with E-state index in [4.69, 9.17) is 10.5 Å². The van der Waals surface area contributed by atoms with E-state index in [2.05, 4.69) is 18.7 Å². The Morgan fingerprint density at radius 3 is 2.65 bits per heavy atom. The molecule has 0 radical (unpaired) electrons. The maximum absolute atomic E-state index is 11.7. The average molecular weight is 240 g/mol. The quantitative estimate of drug-likeness (QED) is 0.735. The molecule has 0 amide bonds. The van der Waals surface area contributed by atoms with Gasteiger partial charge in [0, 0.05) is 12.6 Å². The van der Waals surface area contributed by atoms with E-state index in [0.29, 0.717) is 11.5 Å². The Morgan fingerprint density at radius 1 is 1.41 bits per heavy atom. The third-order valence-corrected chi connectivity index (χ3v) is 4.34. The summed E-state index contributed by atoms with van der Waals surface area (Å²) >= 11 is 0. The van der Waals surface area contributed by atoms with Crippen LogP contribution in [-0.2, 0) is 9.53 Å². The predicted octanol–water partition coefficient (Wildman–Crippen LogP) is 1.14. The summed E-state index contributed by atoms with van der Waals surface area (Å²) in [6, 6.07) is 0.459. The van der Waals surface area contributed by atoms with Gasteiger partial charge in [-0.05, 0) is 37.6 Å². The van der Waals surface area contributed by atoms with E-state index in [1.165, 1.54) is 13.5 Å². The topological polar surface area (TPSA) is 55.6 Å². The summed E-state index contributed by atoms with van der Waals surface area (Å²) in [5, 5.41) is 0. The molecular formula is C13H24N2O2. The van der Waals surface area contributed by atoms with Crippen LogP contribution in [0.3, 0.4) is 0 Å². The first-order chi connectivity index (χ1) is 7.86. The lowest BCUT2D eigenvalue weighted by molar-refractivity contribution is -0.146. The van der Waals surface area contributed by atoms with Crippen LogP contribution in [0.15, 0.2) is 0 Å². The summed E-state index contributed by atoms with van der Waals surface area (Å²) in [4.78, 5) is 14.2. The van der Waals surface area contributed by atoms with E-state index >= 15 is 0 Å². The largest absolute Gasteiger partial charge is 0.468 e. The summed E-state index contributed by atoms with van der Waals surface area (Å²) in [7, 11) is 1.42. The zero-order valence-corrected chi connectivity index (χ0v) is 11.2. The van der Waals surface area contributed by atoms with Crippen LogP contribution in [0, 0.1) is 5.41 Å². The van der Waals surface area contributed by atoms with Crippen LogP contribution in [-0.4, -0.2) is 42.6 Å². The van der Waals surface area contributed by atoms with E-state index in [1.807, 2.05) is 0 Å². The fourth-order valence-electron chi connectivity index (χ4n) is 3.21. The van der Waals surface area contributed by atoms with Crippen molar-refractivity contribution in [1.29, 1.82) is 0 Å². The maximum atomic E-state index is 11.7. The number of methoxy groups -OCH3 is 1. The predicted molar refractivity (Wildman–Crippen MR) is 66.5 cm³/mol. The molecule has 17 heavy (non-hydrogen) atoms. The summed E-state index contributed by atoms with van der Waals surface area (Å²) in [5.41, 5.74) is 5.80. The van der Waals surface area contributed by atoms with E-state index in [9.17, 15) is 4.79 Å². The van der Waals surface area contributed by atoms with Crippen molar-refractivity contribution in [2.45, 2.75) is 51.1 Å². The Kier molecular flexibility index (Phi) is 3.21. The molecule has 4 nitrogen and oxygen atoms in total. The van der Waals surface area contributed by atoms with E-state index in [1.54, 1.807) is 0 Å². The molecular weight excluding hydrogens is 216 g/mol. The lowest BCUT2D eigenvalue weighted by Gasteiger charge is -2.27. The van der Waals surface area contributed by atoms with Crippen LogP contribution >= 0.6 is 0 Å². The number of rotatable bonds is 2. The standard InChI is InChI=1S/C13H24N2O2/c1-12(2)6-7-15(9-12)10-4-5-13(14,8-10)11(16)17-3/h10H,4-9,14H2,1-3H3. The zero-order chi connectivity index (χ0) is 12.7. The second-order valence-corrected chi connectivity index (χ2v) is 6.43. The molecule has 0 aromatic rings. The van der Waals surface area contributed by atoms with Gasteiger partial charge in [0.15, 0.2) is 0 Å². The van der Waals surface area contributed by atoms with Crippen molar-refractivity contribution in [3.63, 3.8) is 0 Å². The molecule has 2 fully saturated rings. The highest BCUT2D eigenvalue weighted by Gasteiger charge is 2.46. The first-order valence-electron chi connectivity index (χ1n) is 6.48. The van der Waals surface area contributed by atoms with Crippen LogP contribution in [0.2, 0.25) is 0 Å². The number of hydrogen-bond acceptors (Lipinski definition) is 4. The molecule has 0 aromatic heterocycles. The Labute approximate surface area is 103 Å². The molecule has 0 aromatic carbocycles. The van der Waals surface area contributed by atoms with Gasteiger partial charge in [-0.2, -0.15) is 0 Å². The zero-order valence-electron chi connectivity index (χ0n) is 11.2. The number of nitrogens with two attached hydrogens (primary N) is 1. The van der Waals surface area contributed by atoms with Gasteiger partial charge in [0.25, 0.3) is 0 Å². The van der Waals surface area contributed by atoms with Crippen LogP contribution in [0.25, 0.3) is 0 Å². The normalized spacial score (nSPS) is 37.3. The Bertz CT molecular complexity index is 317. The van der Waals surface area contributed by atoms with Gasteiger partial charge in [-0.1, -0.05) is 13.8 Å². The number of esters is 1. The first kappa shape index (κ1) is 12.8. The van der Waals surface area contributed by atoms with E-state index in [0.717, 1.165) is 32.4 Å². The molecule has 1 aliphatic heterocycles. The van der Waals surface area contributed by atoms with Crippen molar-refractivity contribution < 1.29 is 9.53 Å². The average Bonchev–Trinajstić information content (AvgIpc) is 2.82. The van der Waals surface area contributed by atoms with Gasteiger partial charge in [0.2, 0.25) is 0 Å². The van der Waals surface area contributed by atoms with Gasteiger partial charge in [0.1, 0.15) is 5.54 Å². The van der Waals surface area contributed by atoms with Gasteiger partial charge in [-0.3, -0.25) is 9.69 Å². The molecule has 1 heterocycles. The highest BCUT2D eigenvalue weighted by atomic mass is 16.5. The van der Waals surface area contributed by atoms with Crippen LogP contribution in [0.1, 0.15) is 39.5 Å². The van der Waals surface area contributed by atoms with Crippen molar-refractivity contribution in [3.05, 3.63) is 0 Å². The van der Waals surface area contributed by atoms with Gasteiger partial charge < -0.3 is 10.5 Å². The smallest absolute Gasteiger partial charge is 0.325 e. The summed E-state index contributed by atoms with van der Waals surface area (Å²) in [6.07, 6.45) is 3.75. The molecule has 2 unspecified atom stereocenters. The third kappa shape index (κ3) is 2.47. The molecule has 4 heteroatoms. The minimum absolute atomic E-state index is 0.251. The summed E-state index contributed by atoms with van der Waals surface area (Å²) in [5.74, 6) is -0.251. The second kappa shape index (κ2) is 4.25. The van der Waals surface area contributed by atoms with Crippen molar-refractivity contribution >= 4 is 5.97 Å². The number of nitrogens with zero attached hydrogens (tertiary/aromatic N) is 1. The monoisotopic (exact) mass is 240 g/mol. The third-order valence-electron chi connectivity index (χ3n) is 4.34. The van der Waals surface area contributed by atoms with Gasteiger partial charge >= 0.3 is 5.97 Å². The number of hydrogen-bond donors (Lipinski definition) is 1. The molecule has 0 bridgehead atoms. The highest BCUT2D eigenvalue weighted by Crippen LogP contribution is 2.37. The van der Waals surface area contributed by atoms with Crippen molar-refractivity contribution in [3.8, 4) is 0 Å². The SMILES string of the molecule is COC(=O)C1(N)CCC(N2CCC(C)(C)C2)C1. The minimum Gasteiger partial charge on any atom is -0.468 e. The molecule has 1 saturated heterocycles. The lowest BCUT2D eigenvalue weighted by atomic mass is 9.93. The van der Waals surface area contributed by atoms with Gasteiger partial charge in [-0.15, -0.1) is 0 Å². The molecule has 98 valence electrons. The Hall–Kier alpha value is -0.610. The van der Waals surface area contributed by atoms with E-state index < -0.39 is 5.54 Å². The van der Waals surface area contributed by atoms with Crippen molar-refractivity contribution in [2.75, 3.05) is 20.2 Å². The molecule has 1 saturated carbocycles. The molecule has 2 N–H and O–H groups in total. The summed E-state index contributed by atoms with van der Waals surface area (Å²) < 4.78 is 4.81.